The van der Waals surface area contributed by atoms with E-state index in [1.165, 1.54) is 0 Å². The summed E-state index contributed by atoms with van der Waals surface area (Å²) in [6, 6.07) is 0. The van der Waals surface area contributed by atoms with Crippen molar-refractivity contribution >= 4 is 15.8 Å². The second-order valence-corrected chi connectivity index (χ2v) is 6.20. The third-order valence-corrected chi connectivity index (χ3v) is 3.71. The van der Waals surface area contributed by atoms with Crippen LogP contribution in [0.3, 0.4) is 0 Å². The molecule has 0 saturated carbocycles. The fourth-order valence-corrected chi connectivity index (χ4v) is 2.62. The van der Waals surface area contributed by atoms with Crippen LogP contribution < -0.4 is 0 Å². The predicted molar refractivity (Wildman–Crippen MR) is 56.1 cm³/mol. The fourth-order valence-electron chi connectivity index (χ4n) is 0.999. The summed E-state index contributed by atoms with van der Waals surface area (Å²) in [5, 5.41) is 7.94. The summed E-state index contributed by atoms with van der Waals surface area (Å²) in [6.07, 6.45) is 0.754. The normalized spacial score (nSPS) is 11.7. The maximum absolute atomic E-state index is 11.4. The minimum absolute atomic E-state index is 0.0329. The molecule has 90 valence electrons. The van der Waals surface area contributed by atoms with Crippen LogP contribution in [0.5, 0.6) is 0 Å². The maximum Gasteiger partial charge on any atom is 0.342 e. The standard InChI is InChI=1S/C9H18O5S/c1-8(2)5-7-15(12,13)6-3-4-9(10)14-11/h8,11H,3-7H2,1-2H3. The zero-order valence-electron chi connectivity index (χ0n) is 9.10. The van der Waals surface area contributed by atoms with Gasteiger partial charge in [0.2, 0.25) is 0 Å². The van der Waals surface area contributed by atoms with Crippen LogP contribution in [0.4, 0.5) is 0 Å². The molecule has 0 amide bonds. The monoisotopic (exact) mass is 238 g/mol. The lowest BCUT2D eigenvalue weighted by molar-refractivity contribution is -0.234. The van der Waals surface area contributed by atoms with E-state index in [1.54, 1.807) is 0 Å². The van der Waals surface area contributed by atoms with Gasteiger partial charge in [0.05, 0.1) is 11.5 Å². The van der Waals surface area contributed by atoms with E-state index in [0.717, 1.165) is 0 Å². The van der Waals surface area contributed by atoms with Gasteiger partial charge in [-0.05, 0) is 18.8 Å². The van der Waals surface area contributed by atoms with Crippen LogP contribution >= 0.6 is 0 Å². The Morgan fingerprint density at radius 2 is 1.93 bits per heavy atom. The first-order valence-electron chi connectivity index (χ1n) is 4.92. The zero-order valence-corrected chi connectivity index (χ0v) is 9.92. The summed E-state index contributed by atoms with van der Waals surface area (Å²) in [7, 11) is -3.07. The Morgan fingerprint density at radius 1 is 1.33 bits per heavy atom. The average Bonchev–Trinajstić information content (AvgIpc) is 2.14. The quantitative estimate of drug-likeness (QED) is 0.533. The van der Waals surface area contributed by atoms with Gasteiger partial charge in [-0.3, -0.25) is 0 Å². The van der Waals surface area contributed by atoms with Crippen LogP contribution in [0.1, 0.15) is 33.1 Å². The van der Waals surface area contributed by atoms with Gasteiger partial charge < -0.3 is 4.89 Å². The minimum Gasteiger partial charge on any atom is -0.301 e. The number of sulfone groups is 1. The molecule has 1 N–H and O–H groups in total. The molecule has 0 radical (unpaired) electrons. The lowest BCUT2D eigenvalue weighted by Gasteiger charge is -2.05. The molecule has 0 aliphatic heterocycles. The Balaban J connectivity index is 3.80. The van der Waals surface area contributed by atoms with Crippen LogP contribution in [0.2, 0.25) is 0 Å². The second kappa shape index (κ2) is 6.79. The first-order valence-corrected chi connectivity index (χ1v) is 6.74. The molecule has 0 heterocycles. The Kier molecular flexibility index (Phi) is 6.51. The number of carbonyl (C=O) groups is 1. The molecule has 0 rings (SSSR count). The van der Waals surface area contributed by atoms with Crippen LogP contribution in [0.25, 0.3) is 0 Å². The summed E-state index contributed by atoms with van der Waals surface area (Å²) in [6.45, 7) is 3.91. The van der Waals surface area contributed by atoms with E-state index in [1.807, 2.05) is 13.8 Å². The molecule has 0 spiro atoms. The molecular weight excluding hydrogens is 220 g/mol. The predicted octanol–water partition coefficient (Wildman–Crippen LogP) is 1.24. The van der Waals surface area contributed by atoms with Gasteiger partial charge in [-0.15, -0.1) is 0 Å². The topological polar surface area (TPSA) is 80.7 Å². The number of hydrogen-bond acceptors (Lipinski definition) is 5. The largest absolute Gasteiger partial charge is 0.342 e. The maximum atomic E-state index is 11.4. The van der Waals surface area contributed by atoms with Crippen LogP contribution in [-0.4, -0.2) is 31.2 Å². The van der Waals surface area contributed by atoms with Gasteiger partial charge >= 0.3 is 5.97 Å². The Labute approximate surface area is 90.3 Å². The van der Waals surface area contributed by atoms with E-state index in [9.17, 15) is 13.2 Å². The van der Waals surface area contributed by atoms with Crippen molar-refractivity contribution in [1.29, 1.82) is 0 Å². The van der Waals surface area contributed by atoms with Crippen molar-refractivity contribution in [3.8, 4) is 0 Å². The molecule has 0 aromatic rings. The van der Waals surface area contributed by atoms with Gasteiger partial charge in [-0.2, -0.15) is 5.26 Å². The van der Waals surface area contributed by atoms with Crippen LogP contribution in [0.15, 0.2) is 0 Å². The van der Waals surface area contributed by atoms with E-state index in [0.29, 0.717) is 12.3 Å². The molecule has 0 unspecified atom stereocenters. The SMILES string of the molecule is CC(C)CCS(=O)(=O)CCCC(=O)OO. The molecule has 0 saturated heterocycles. The summed E-state index contributed by atoms with van der Waals surface area (Å²) >= 11 is 0. The van der Waals surface area contributed by atoms with Crippen molar-refractivity contribution in [2.24, 2.45) is 5.92 Å². The minimum atomic E-state index is -3.07. The molecular formula is C9H18O5S. The lowest BCUT2D eigenvalue weighted by Crippen LogP contribution is -2.14. The van der Waals surface area contributed by atoms with Gasteiger partial charge in [0.15, 0.2) is 0 Å². The molecule has 0 aliphatic carbocycles. The van der Waals surface area contributed by atoms with Gasteiger partial charge in [0.1, 0.15) is 9.84 Å². The van der Waals surface area contributed by atoms with Crippen molar-refractivity contribution in [3.05, 3.63) is 0 Å². The van der Waals surface area contributed by atoms with E-state index in [2.05, 4.69) is 4.89 Å². The highest BCUT2D eigenvalue weighted by Gasteiger charge is 2.13. The van der Waals surface area contributed by atoms with Crippen molar-refractivity contribution in [2.45, 2.75) is 33.1 Å². The first-order chi connectivity index (χ1) is 6.87. The Bertz CT molecular complexity index is 281. The molecule has 0 fully saturated rings. The summed E-state index contributed by atoms with van der Waals surface area (Å²) in [5.41, 5.74) is 0. The fraction of sp³-hybridized carbons (Fsp3) is 0.889. The van der Waals surface area contributed by atoms with Gasteiger partial charge in [-0.1, -0.05) is 13.8 Å². The molecule has 0 bridgehead atoms. The molecule has 15 heavy (non-hydrogen) atoms. The second-order valence-electron chi connectivity index (χ2n) is 3.90. The summed E-state index contributed by atoms with van der Waals surface area (Å²) in [4.78, 5) is 13.9. The van der Waals surface area contributed by atoms with E-state index >= 15 is 0 Å². The zero-order chi connectivity index (χ0) is 11.9. The lowest BCUT2D eigenvalue weighted by atomic mass is 10.2. The Morgan fingerprint density at radius 3 is 2.40 bits per heavy atom. The van der Waals surface area contributed by atoms with Gasteiger partial charge in [-0.25, -0.2) is 13.2 Å². The third-order valence-electron chi connectivity index (χ3n) is 1.94. The molecule has 0 aromatic heterocycles. The van der Waals surface area contributed by atoms with E-state index in [-0.39, 0.29) is 24.3 Å². The van der Waals surface area contributed by atoms with Gasteiger partial charge in [0.25, 0.3) is 0 Å². The van der Waals surface area contributed by atoms with Crippen molar-refractivity contribution in [3.63, 3.8) is 0 Å². The van der Waals surface area contributed by atoms with Crippen molar-refractivity contribution < 1.29 is 23.4 Å². The Hall–Kier alpha value is -0.620. The average molecular weight is 238 g/mol. The van der Waals surface area contributed by atoms with E-state index in [4.69, 9.17) is 5.26 Å². The molecule has 5 nitrogen and oxygen atoms in total. The number of carbonyl (C=O) groups excluding carboxylic acids is 1. The van der Waals surface area contributed by atoms with Gasteiger partial charge in [0, 0.05) is 6.42 Å². The highest BCUT2D eigenvalue weighted by Crippen LogP contribution is 2.05. The van der Waals surface area contributed by atoms with Crippen molar-refractivity contribution in [1.82, 2.24) is 0 Å². The molecule has 6 heteroatoms. The first kappa shape index (κ1) is 14.4. The van der Waals surface area contributed by atoms with Crippen LogP contribution in [0, 0.1) is 5.92 Å². The van der Waals surface area contributed by atoms with E-state index < -0.39 is 15.8 Å². The summed E-state index contributed by atoms with van der Waals surface area (Å²) < 4.78 is 22.8. The molecule has 0 aliphatic rings. The third kappa shape index (κ3) is 8.38. The smallest absolute Gasteiger partial charge is 0.301 e. The highest BCUT2D eigenvalue weighted by molar-refractivity contribution is 7.91. The number of hydrogen-bond donors (Lipinski definition) is 1. The summed E-state index contributed by atoms with van der Waals surface area (Å²) in [5.74, 6) is -0.329. The van der Waals surface area contributed by atoms with Crippen LogP contribution in [-0.2, 0) is 19.5 Å². The highest BCUT2D eigenvalue weighted by atomic mass is 32.2. The van der Waals surface area contributed by atoms with Crippen molar-refractivity contribution in [2.75, 3.05) is 11.5 Å². The molecule has 0 atom stereocenters. The molecule has 0 aromatic carbocycles. The number of rotatable bonds is 7.